The van der Waals surface area contributed by atoms with Gasteiger partial charge in [-0.25, -0.2) is 9.97 Å². The molecule has 0 fully saturated rings. The molecule has 5 nitrogen and oxygen atoms in total. The summed E-state index contributed by atoms with van der Waals surface area (Å²) >= 11 is 3.26. The van der Waals surface area contributed by atoms with Crippen molar-refractivity contribution in [2.45, 2.75) is 6.54 Å². The van der Waals surface area contributed by atoms with Crippen molar-refractivity contribution in [3.05, 3.63) is 40.6 Å². The topological polar surface area (TPSA) is 73.1 Å². The Kier molecular flexibility index (Phi) is 3.99. The molecular formula is C12H13BrN4O. The average Bonchev–Trinajstić information content (AvgIpc) is 2.40. The predicted molar refractivity (Wildman–Crippen MR) is 74.5 cm³/mol. The largest absolute Gasteiger partial charge is 0.497 e. The lowest BCUT2D eigenvalue weighted by Gasteiger charge is -2.08. The SMILES string of the molecule is COc1ccc(CNc2nc(Br)cnc2N)cc1. The van der Waals surface area contributed by atoms with Gasteiger partial charge in [-0.05, 0) is 33.6 Å². The van der Waals surface area contributed by atoms with Gasteiger partial charge < -0.3 is 15.8 Å². The summed E-state index contributed by atoms with van der Waals surface area (Å²) in [4.78, 5) is 8.22. The van der Waals surface area contributed by atoms with Crippen LogP contribution < -0.4 is 15.8 Å². The second-order valence-corrected chi connectivity index (χ2v) is 4.44. The zero-order chi connectivity index (χ0) is 13.0. The molecule has 1 aromatic heterocycles. The summed E-state index contributed by atoms with van der Waals surface area (Å²) in [6.07, 6.45) is 1.56. The van der Waals surface area contributed by atoms with Gasteiger partial charge in [0.2, 0.25) is 0 Å². The van der Waals surface area contributed by atoms with Crippen LogP contribution in [0, 0.1) is 0 Å². The highest BCUT2D eigenvalue weighted by atomic mass is 79.9. The number of halogens is 1. The minimum Gasteiger partial charge on any atom is -0.497 e. The molecule has 0 atom stereocenters. The first-order valence-electron chi connectivity index (χ1n) is 5.34. The highest BCUT2D eigenvalue weighted by Gasteiger charge is 2.03. The first-order chi connectivity index (χ1) is 8.69. The number of nitrogens with two attached hydrogens (primary N) is 1. The number of methoxy groups -OCH3 is 1. The molecule has 18 heavy (non-hydrogen) atoms. The van der Waals surface area contributed by atoms with E-state index in [1.807, 2.05) is 24.3 Å². The van der Waals surface area contributed by atoms with E-state index in [2.05, 4.69) is 31.2 Å². The van der Waals surface area contributed by atoms with E-state index in [-0.39, 0.29) is 0 Å². The van der Waals surface area contributed by atoms with E-state index in [1.54, 1.807) is 13.3 Å². The maximum atomic E-state index is 5.72. The molecule has 0 aliphatic carbocycles. The first-order valence-corrected chi connectivity index (χ1v) is 6.13. The average molecular weight is 309 g/mol. The van der Waals surface area contributed by atoms with E-state index < -0.39 is 0 Å². The van der Waals surface area contributed by atoms with Crippen molar-refractivity contribution in [1.82, 2.24) is 9.97 Å². The Labute approximate surface area is 114 Å². The third-order valence-electron chi connectivity index (χ3n) is 2.39. The number of anilines is 2. The van der Waals surface area contributed by atoms with Crippen LogP contribution in [0.2, 0.25) is 0 Å². The summed E-state index contributed by atoms with van der Waals surface area (Å²) in [6.45, 7) is 0.624. The molecule has 6 heteroatoms. The molecule has 0 bridgehead atoms. The number of hydrogen-bond donors (Lipinski definition) is 2. The second kappa shape index (κ2) is 5.68. The van der Waals surface area contributed by atoms with Gasteiger partial charge in [0.05, 0.1) is 13.3 Å². The maximum Gasteiger partial charge on any atom is 0.170 e. The van der Waals surface area contributed by atoms with E-state index in [9.17, 15) is 0 Å². The van der Waals surface area contributed by atoms with Crippen molar-refractivity contribution < 1.29 is 4.74 Å². The lowest BCUT2D eigenvalue weighted by molar-refractivity contribution is 0.414. The van der Waals surface area contributed by atoms with Crippen LogP contribution in [-0.2, 0) is 6.54 Å². The molecular weight excluding hydrogens is 296 g/mol. The Hall–Kier alpha value is -1.82. The molecule has 0 saturated heterocycles. The number of benzene rings is 1. The lowest BCUT2D eigenvalue weighted by Crippen LogP contribution is -2.06. The Morgan fingerprint density at radius 1 is 1.33 bits per heavy atom. The van der Waals surface area contributed by atoms with Crippen LogP contribution in [0.3, 0.4) is 0 Å². The predicted octanol–water partition coefficient (Wildman–Crippen LogP) is 2.44. The summed E-state index contributed by atoms with van der Waals surface area (Å²) in [5.74, 6) is 1.78. The van der Waals surface area contributed by atoms with Crippen LogP contribution in [0.25, 0.3) is 0 Å². The number of nitrogen functional groups attached to an aromatic ring is 1. The summed E-state index contributed by atoms with van der Waals surface area (Å²) in [5.41, 5.74) is 6.83. The highest BCUT2D eigenvalue weighted by molar-refractivity contribution is 9.10. The monoisotopic (exact) mass is 308 g/mol. The van der Waals surface area contributed by atoms with Gasteiger partial charge in [0, 0.05) is 6.54 Å². The molecule has 2 aromatic rings. The standard InChI is InChI=1S/C12H13BrN4O/c1-18-9-4-2-8(3-5-9)6-16-12-11(14)15-7-10(13)17-12/h2-5,7H,6H2,1H3,(H2,14,15)(H,16,17). The number of nitrogens with one attached hydrogen (secondary N) is 1. The van der Waals surface area contributed by atoms with Crippen LogP contribution in [0.5, 0.6) is 5.75 Å². The van der Waals surface area contributed by atoms with Crippen molar-refractivity contribution in [2.75, 3.05) is 18.2 Å². The molecule has 94 valence electrons. The zero-order valence-corrected chi connectivity index (χ0v) is 11.4. The molecule has 0 spiro atoms. The molecule has 3 N–H and O–H groups in total. The Balaban J connectivity index is 2.04. The van der Waals surface area contributed by atoms with E-state index in [1.165, 1.54) is 0 Å². The van der Waals surface area contributed by atoms with Gasteiger partial charge in [-0.1, -0.05) is 12.1 Å². The van der Waals surface area contributed by atoms with Gasteiger partial charge in [0.1, 0.15) is 10.4 Å². The summed E-state index contributed by atoms with van der Waals surface area (Å²) in [5, 5.41) is 3.14. The number of nitrogens with zero attached hydrogens (tertiary/aromatic N) is 2. The number of rotatable bonds is 4. The quantitative estimate of drug-likeness (QED) is 0.907. The van der Waals surface area contributed by atoms with Gasteiger partial charge in [-0.2, -0.15) is 0 Å². The Bertz CT molecular complexity index is 530. The van der Waals surface area contributed by atoms with Gasteiger partial charge >= 0.3 is 0 Å². The van der Waals surface area contributed by atoms with Crippen LogP contribution in [-0.4, -0.2) is 17.1 Å². The van der Waals surface area contributed by atoms with E-state index in [0.29, 0.717) is 22.8 Å². The molecule has 0 aliphatic rings. The van der Waals surface area contributed by atoms with Crippen molar-refractivity contribution in [1.29, 1.82) is 0 Å². The van der Waals surface area contributed by atoms with Crippen LogP contribution in [0.4, 0.5) is 11.6 Å². The molecule has 1 heterocycles. The smallest absolute Gasteiger partial charge is 0.170 e. The van der Waals surface area contributed by atoms with Gasteiger partial charge in [0.15, 0.2) is 11.6 Å². The normalized spacial score (nSPS) is 10.1. The molecule has 2 rings (SSSR count). The van der Waals surface area contributed by atoms with Gasteiger partial charge in [-0.15, -0.1) is 0 Å². The fourth-order valence-corrected chi connectivity index (χ4v) is 1.72. The molecule has 0 aliphatic heterocycles. The second-order valence-electron chi connectivity index (χ2n) is 3.63. The van der Waals surface area contributed by atoms with Crippen molar-refractivity contribution >= 4 is 27.6 Å². The molecule has 0 radical (unpaired) electrons. The van der Waals surface area contributed by atoms with Crippen LogP contribution in [0.15, 0.2) is 35.1 Å². The number of ether oxygens (including phenoxy) is 1. The van der Waals surface area contributed by atoms with Crippen LogP contribution >= 0.6 is 15.9 Å². The number of hydrogen-bond acceptors (Lipinski definition) is 5. The van der Waals surface area contributed by atoms with E-state index >= 15 is 0 Å². The lowest BCUT2D eigenvalue weighted by atomic mass is 10.2. The van der Waals surface area contributed by atoms with Crippen molar-refractivity contribution in [3.63, 3.8) is 0 Å². The van der Waals surface area contributed by atoms with Gasteiger partial charge in [-0.3, -0.25) is 0 Å². The molecule has 0 amide bonds. The van der Waals surface area contributed by atoms with Gasteiger partial charge in [0.25, 0.3) is 0 Å². The third-order valence-corrected chi connectivity index (χ3v) is 2.77. The zero-order valence-electron chi connectivity index (χ0n) is 9.85. The Morgan fingerprint density at radius 2 is 2.06 bits per heavy atom. The summed E-state index contributed by atoms with van der Waals surface area (Å²) in [6, 6.07) is 7.78. The van der Waals surface area contributed by atoms with E-state index in [0.717, 1.165) is 11.3 Å². The molecule has 0 unspecified atom stereocenters. The molecule has 1 aromatic carbocycles. The minimum absolute atomic E-state index is 0.381. The summed E-state index contributed by atoms with van der Waals surface area (Å²) < 4.78 is 5.75. The fourth-order valence-electron chi connectivity index (χ4n) is 1.44. The molecule has 0 saturated carbocycles. The fraction of sp³-hybridized carbons (Fsp3) is 0.167. The Morgan fingerprint density at radius 3 is 2.72 bits per heavy atom. The van der Waals surface area contributed by atoms with Crippen molar-refractivity contribution in [2.24, 2.45) is 0 Å². The first kappa shape index (κ1) is 12.6. The highest BCUT2D eigenvalue weighted by Crippen LogP contribution is 2.17. The minimum atomic E-state index is 0.381. The summed E-state index contributed by atoms with van der Waals surface area (Å²) in [7, 11) is 1.64. The number of aromatic nitrogens is 2. The third kappa shape index (κ3) is 3.10. The maximum absolute atomic E-state index is 5.72. The van der Waals surface area contributed by atoms with Crippen molar-refractivity contribution in [3.8, 4) is 5.75 Å². The van der Waals surface area contributed by atoms with E-state index in [4.69, 9.17) is 10.5 Å². The van der Waals surface area contributed by atoms with Crippen LogP contribution in [0.1, 0.15) is 5.56 Å².